The standard InChI is InChI=1S/C11H9F3N2O2S/c12-11(13,14)19(17,18)10-6-8(16-15)5-7-3-1-2-4-9(7)10/h1-6,16H,15H2. The Bertz CT molecular complexity index is 726. The quantitative estimate of drug-likeness (QED) is 0.658. The van der Waals surface area contributed by atoms with E-state index in [-0.39, 0.29) is 11.1 Å². The van der Waals surface area contributed by atoms with Gasteiger partial charge in [-0.2, -0.15) is 13.2 Å². The molecule has 0 unspecified atom stereocenters. The maximum Gasteiger partial charge on any atom is 0.501 e. The number of benzene rings is 2. The van der Waals surface area contributed by atoms with Crippen LogP contribution in [0.4, 0.5) is 18.9 Å². The van der Waals surface area contributed by atoms with Crippen molar-refractivity contribution in [2.24, 2.45) is 5.84 Å². The molecule has 102 valence electrons. The average Bonchev–Trinajstić information content (AvgIpc) is 2.36. The second-order valence-corrected chi connectivity index (χ2v) is 5.70. The fourth-order valence-corrected chi connectivity index (χ4v) is 2.71. The van der Waals surface area contributed by atoms with Gasteiger partial charge in [0.05, 0.1) is 10.6 Å². The molecule has 3 N–H and O–H groups in total. The third-order valence-corrected chi connectivity index (χ3v) is 4.11. The van der Waals surface area contributed by atoms with Gasteiger partial charge in [0.25, 0.3) is 9.84 Å². The molecule has 0 aliphatic rings. The lowest BCUT2D eigenvalue weighted by Crippen LogP contribution is -2.23. The van der Waals surface area contributed by atoms with Crippen molar-refractivity contribution >= 4 is 26.3 Å². The molecular formula is C11H9F3N2O2S. The minimum atomic E-state index is -5.43. The number of rotatable bonds is 2. The third kappa shape index (κ3) is 2.24. The zero-order chi connectivity index (χ0) is 14.3. The van der Waals surface area contributed by atoms with Crippen LogP contribution < -0.4 is 11.3 Å². The highest BCUT2D eigenvalue weighted by Crippen LogP contribution is 2.36. The summed E-state index contributed by atoms with van der Waals surface area (Å²) >= 11 is 0. The maximum absolute atomic E-state index is 12.6. The zero-order valence-electron chi connectivity index (χ0n) is 9.40. The number of anilines is 1. The highest BCUT2D eigenvalue weighted by molar-refractivity contribution is 7.92. The average molecular weight is 290 g/mol. The summed E-state index contributed by atoms with van der Waals surface area (Å²) in [6.07, 6.45) is 0. The van der Waals surface area contributed by atoms with Gasteiger partial charge in [0.1, 0.15) is 0 Å². The first-order chi connectivity index (χ1) is 8.77. The van der Waals surface area contributed by atoms with E-state index in [0.29, 0.717) is 5.39 Å². The minimum absolute atomic E-state index is 0.00109. The van der Waals surface area contributed by atoms with E-state index in [0.717, 1.165) is 6.07 Å². The van der Waals surface area contributed by atoms with E-state index >= 15 is 0 Å². The lowest BCUT2D eigenvalue weighted by Gasteiger charge is -2.12. The van der Waals surface area contributed by atoms with Gasteiger partial charge in [0.2, 0.25) is 0 Å². The number of nitrogen functional groups attached to an aromatic ring is 1. The van der Waals surface area contributed by atoms with E-state index in [1.165, 1.54) is 24.3 Å². The number of halogens is 3. The van der Waals surface area contributed by atoms with Gasteiger partial charge in [0, 0.05) is 5.39 Å². The van der Waals surface area contributed by atoms with Gasteiger partial charge in [-0.25, -0.2) is 8.42 Å². The topological polar surface area (TPSA) is 72.2 Å². The van der Waals surface area contributed by atoms with E-state index in [4.69, 9.17) is 5.84 Å². The van der Waals surface area contributed by atoms with E-state index in [9.17, 15) is 21.6 Å². The summed E-state index contributed by atoms with van der Waals surface area (Å²) in [6, 6.07) is 8.20. The summed E-state index contributed by atoms with van der Waals surface area (Å²) < 4.78 is 61.0. The van der Waals surface area contributed by atoms with Crippen LogP contribution in [0.15, 0.2) is 41.3 Å². The highest BCUT2D eigenvalue weighted by atomic mass is 32.2. The molecule has 0 saturated heterocycles. The van der Waals surface area contributed by atoms with Crippen LogP contribution in [0.25, 0.3) is 10.8 Å². The Labute approximate surface area is 106 Å². The first-order valence-corrected chi connectivity index (χ1v) is 6.56. The van der Waals surface area contributed by atoms with Crippen LogP contribution in [0.5, 0.6) is 0 Å². The van der Waals surface area contributed by atoms with Crippen LogP contribution in [-0.2, 0) is 9.84 Å². The molecule has 0 bridgehead atoms. The molecule has 0 aliphatic carbocycles. The number of alkyl halides is 3. The predicted molar refractivity (Wildman–Crippen MR) is 65.0 cm³/mol. The lowest BCUT2D eigenvalue weighted by molar-refractivity contribution is -0.0435. The van der Waals surface area contributed by atoms with Crippen LogP contribution >= 0.6 is 0 Å². The molecular weight excluding hydrogens is 281 g/mol. The Hall–Kier alpha value is -1.80. The predicted octanol–water partition coefficient (Wildman–Crippen LogP) is 2.42. The second kappa shape index (κ2) is 4.39. The Morgan fingerprint density at radius 1 is 1.11 bits per heavy atom. The van der Waals surface area contributed by atoms with Crippen molar-refractivity contribution in [1.29, 1.82) is 0 Å². The molecule has 0 saturated carbocycles. The number of hydrogen-bond acceptors (Lipinski definition) is 4. The van der Waals surface area contributed by atoms with E-state index in [1.807, 2.05) is 0 Å². The highest BCUT2D eigenvalue weighted by Gasteiger charge is 2.47. The molecule has 0 aromatic heterocycles. The van der Waals surface area contributed by atoms with Crippen LogP contribution in [0.1, 0.15) is 0 Å². The first kappa shape index (κ1) is 13.6. The SMILES string of the molecule is NNc1cc(S(=O)(=O)C(F)(F)F)c2ccccc2c1. The Kier molecular flexibility index (Phi) is 3.15. The van der Waals surface area contributed by atoms with Crippen molar-refractivity contribution in [2.75, 3.05) is 5.43 Å². The van der Waals surface area contributed by atoms with E-state index < -0.39 is 20.2 Å². The monoisotopic (exact) mass is 290 g/mol. The summed E-state index contributed by atoms with van der Waals surface area (Å²) in [5.41, 5.74) is -3.12. The summed E-state index contributed by atoms with van der Waals surface area (Å²) in [6.45, 7) is 0. The van der Waals surface area contributed by atoms with Crippen molar-refractivity contribution in [2.45, 2.75) is 10.4 Å². The molecule has 0 radical (unpaired) electrons. The lowest BCUT2D eigenvalue weighted by atomic mass is 10.1. The molecule has 0 aliphatic heterocycles. The minimum Gasteiger partial charge on any atom is -0.324 e. The van der Waals surface area contributed by atoms with Crippen LogP contribution in [0.3, 0.4) is 0 Å². The van der Waals surface area contributed by atoms with Crippen LogP contribution in [0, 0.1) is 0 Å². The first-order valence-electron chi connectivity index (χ1n) is 5.08. The molecule has 2 aromatic carbocycles. The summed E-state index contributed by atoms with van der Waals surface area (Å²) in [4.78, 5) is -0.814. The van der Waals surface area contributed by atoms with Gasteiger partial charge in [-0.15, -0.1) is 0 Å². The largest absolute Gasteiger partial charge is 0.501 e. The van der Waals surface area contributed by atoms with Crippen molar-refractivity contribution in [1.82, 2.24) is 0 Å². The van der Waals surface area contributed by atoms with Gasteiger partial charge < -0.3 is 5.43 Å². The third-order valence-electron chi connectivity index (χ3n) is 2.58. The molecule has 0 amide bonds. The van der Waals surface area contributed by atoms with E-state index in [2.05, 4.69) is 5.43 Å². The summed E-state index contributed by atoms with van der Waals surface area (Å²) in [7, 11) is -5.43. The molecule has 0 heterocycles. The maximum atomic E-state index is 12.6. The fourth-order valence-electron chi connectivity index (χ4n) is 1.71. The van der Waals surface area contributed by atoms with Crippen molar-refractivity contribution in [3.8, 4) is 0 Å². The summed E-state index contributed by atoms with van der Waals surface area (Å²) in [5.74, 6) is 5.14. The number of nitrogens with one attached hydrogen (secondary N) is 1. The molecule has 4 nitrogen and oxygen atoms in total. The summed E-state index contributed by atoms with van der Waals surface area (Å²) in [5, 5.41) is 0.347. The number of fused-ring (bicyclic) bond motifs is 1. The number of sulfone groups is 1. The molecule has 2 rings (SSSR count). The van der Waals surface area contributed by atoms with Crippen molar-refractivity contribution in [3.05, 3.63) is 36.4 Å². The van der Waals surface area contributed by atoms with Crippen molar-refractivity contribution < 1.29 is 21.6 Å². The number of hydrazine groups is 1. The van der Waals surface area contributed by atoms with Crippen LogP contribution in [-0.4, -0.2) is 13.9 Å². The van der Waals surface area contributed by atoms with Gasteiger partial charge in [-0.3, -0.25) is 5.84 Å². The van der Waals surface area contributed by atoms with Crippen molar-refractivity contribution in [3.63, 3.8) is 0 Å². The smallest absolute Gasteiger partial charge is 0.324 e. The molecule has 8 heteroatoms. The molecule has 2 aromatic rings. The normalized spacial score (nSPS) is 12.6. The number of nitrogens with two attached hydrogens (primary N) is 1. The number of hydrogen-bond donors (Lipinski definition) is 2. The van der Waals surface area contributed by atoms with Gasteiger partial charge in [-0.1, -0.05) is 24.3 Å². The van der Waals surface area contributed by atoms with E-state index in [1.54, 1.807) is 6.07 Å². The molecule has 0 spiro atoms. The Balaban J connectivity index is 2.87. The van der Waals surface area contributed by atoms with Gasteiger partial charge in [-0.05, 0) is 17.5 Å². The Morgan fingerprint density at radius 3 is 2.32 bits per heavy atom. The molecule has 0 atom stereocenters. The second-order valence-electron chi connectivity index (χ2n) is 3.79. The van der Waals surface area contributed by atoms with Gasteiger partial charge in [0.15, 0.2) is 0 Å². The van der Waals surface area contributed by atoms with Gasteiger partial charge >= 0.3 is 5.51 Å². The fraction of sp³-hybridized carbons (Fsp3) is 0.0909. The zero-order valence-corrected chi connectivity index (χ0v) is 10.2. The molecule has 0 fully saturated rings. The van der Waals surface area contributed by atoms with Crippen LogP contribution in [0.2, 0.25) is 0 Å². The Morgan fingerprint density at radius 2 is 1.74 bits per heavy atom. The molecule has 19 heavy (non-hydrogen) atoms.